The number of hydrogen-bond donors (Lipinski definition) is 1. The van der Waals surface area contributed by atoms with Crippen molar-refractivity contribution in [1.82, 2.24) is 0 Å². The van der Waals surface area contributed by atoms with Gasteiger partial charge in [-0.05, 0) is 17.9 Å². The molecule has 1 aromatic carbocycles. The van der Waals surface area contributed by atoms with Gasteiger partial charge < -0.3 is 0 Å². The zero-order valence-electron chi connectivity index (χ0n) is 7.40. The Bertz CT molecular complexity index is 434. The monoisotopic (exact) mass is 260 g/mol. The summed E-state index contributed by atoms with van der Waals surface area (Å²) in [5.74, 6) is -0.322. The molecule has 0 spiro atoms. The van der Waals surface area contributed by atoms with Crippen molar-refractivity contribution in [3.63, 3.8) is 0 Å². The van der Waals surface area contributed by atoms with E-state index in [4.69, 9.17) is 4.55 Å². The average Bonchev–Trinajstić information content (AvgIpc) is 2.02. The van der Waals surface area contributed by atoms with Crippen molar-refractivity contribution in [2.75, 3.05) is 5.75 Å². The zero-order valence-corrected chi connectivity index (χ0v) is 9.03. The zero-order chi connectivity index (χ0) is 10.8. The van der Waals surface area contributed by atoms with Crippen LogP contribution in [0.5, 0.6) is 0 Å². The first kappa shape index (κ1) is 15.4. The van der Waals surface area contributed by atoms with Gasteiger partial charge >= 0.3 is 29.6 Å². The van der Waals surface area contributed by atoms with Crippen molar-refractivity contribution >= 4 is 51.4 Å². The van der Waals surface area contributed by atoms with Gasteiger partial charge in [-0.2, -0.15) is 8.42 Å². The Kier molecular flexibility index (Phi) is 6.39. The molecule has 0 saturated heterocycles. The molecule has 7 heteroatoms. The van der Waals surface area contributed by atoms with E-state index in [2.05, 4.69) is 0 Å². The molecular weight excluding hydrogens is 250 g/mol. The van der Waals surface area contributed by atoms with E-state index >= 15 is 0 Å². The van der Waals surface area contributed by atoms with Crippen molar-refractivity contribution in [3.05, 3.63) is 24.0 Å². The fourth-order valence-electron chi connectivity index (χ4n) is 1.01. The maximum absolute atomic E-state index is 13.1. The van der Waals surface area contributed by atoms with Crippen molar-refractivity contribution < 1.29 is 17.4 Å². The van der Waals surface area contributed by atoms with E-state index in [1.54, 1.807) is 0 Å². The summed E-state index contributed by atoms with van der Waals surface area (Å²) in [5.41, 5.74) is 0. The quantitative estimate of drug-likeness (QED) is 0.509. The third-order valence-corrected chi connectivity index (χ3v) is 3.49. The van der Waals surface area contributed by atoms with Crippen LogP contribution in [-0.4, -0.2) is 48.3 Å². The molecule has 0 aliphatic heterocycles. The summed E-state index contributed by atoms with van der Waals surface area (Å²) in [7, 11) is -4.48. The van der Waals surface area contributed by atoms with E-state index in [1.807, 2.05) is 6.92 Å². The molecule has 0 aliphatic carbocycles. The molecule has 0 fully saturated rings. The molecule has 0 aromatic heterocycles. The van der Waals surface area contributed by atoms with Gasteiger partial charge in [0.25, 0.3) is 10.1 Å². The molecule has 0 amide bonds. The molecule has 3 nitrogen and oxygen atoms in total. The topological polar surface area (TPSA) is 54.4 Å². The molecule has 1 aromatic rings. The van der Waals surface area contributed by atoms with Gasteiger partial charge in [0, 0.05) is 4.90 Å². The van der Waals surface area contributed by atoms with Gasteiger partial charge in [0.2, 0.25) is 0 Å². The summed E-state index contributed by atoms with van der Waals surface area (Å²) < 4.78 is 43.6. The van der Waals surface area contributed by atoms with Gasteiger partial charge in [-0.1, -0.05) is 13.0 Å². The van der Waals surface area contributed by atoms with Crippen LogP contribution in [0.3, 0.4) is 0 Å². The average molecular weight is 260 g/mol. The summed E-state index contributed by atoms with van der Waals surface area (Å²) in [4.78, 5) is -0.401. The van der Waals surface area contributed by atoms with Gasteiger partial charge in [-0.3, -0.25) is 4.55 Å². The first-order valence-electron chi connectivity index (χ1n) is 3.85. The number of benzene rings is 1. The van der Waals surface area contributed by atoms with Crippen LogP contribution in [0.1, 0.15) is 6.92 Å². The Morgan fingerprint density at radius 1 is 1.47 bits per heavy atom. The third-order valence-electron chi connectivity index (χ3n) is 1.49. The van der Waals surface area contributed by atoms with Crippen molar-refractivity contribution in [3.8, 4) is 0 Å². The van der Waals surface area contributed by atoms with E-state index in [1.165, 1.54) is 12.1 Å². The SMILES string of the molecule is CCSc1cccc(F)c1S(=O)(=O)O.[NaH]. The summed E-state index contributed by atoms with van der Waals surface area (Å²) in [6.07, 6.45) is 0. The molecule has 1 N–H and O–H groups in total. The Balaban J connectivity index is 0.00000196. The Morgan fingerprint density at radius 2 is 2.07 bits per heavy atom. The molecule has 0 atom stereocenters. The first-order chi connectivity index (χ1) is 6.46. The fourth-order valence-corrected chi connectivity index (χ4v) is 2.85. The Hall–Kier alpha value is 0.410. The van der Waals surface area contributed by atoms with E-state index in [9.17, 15) is 12.8 Å². The van der Waals surface area contributed by atoms with E-state index in [-0.39, 0.29) is 34.5 Å². The minimum atomic E-state index is -4.48. The molecular formula is C8H10FNaO3S2. The van der Waals surface area contributed by atoms with Gasteiger partial charge in [0.1, 0.15) is 10.7 Å². The van der Waals surface area contributed by atoms with E-state index in [0.29, 0.717) is 5.75 Å². The maximum atomic E-state index is 13.1. The first-order valence-corrected chi connectivity index (χ1v) is 6.28. The number of thioether (sulfide) groups is 1. The molecule has 1 rings (SSSR count). The molecule has 15 heavy (non-hydrogen) atoms. The molecule has 0 aliphatic rings. The summed E-state index contributed by atoms with van der Waals surface area (Å²) in [6.45, 7) is 1.81. The summed E-state index contributed by atoms with van der Waals surface area (Å²) in [5, 5.41) is 0. The van der Waals surface area contributed by atoms with E-state index in [0.717, 1.165) is 17.8 Å². The molecule has 0 saturated carbocycles. The second-order valence-electron chi connectivity index (χ2n) is 2.48. The number of halogens is 1. The summed E-state index contributed by atoms with van der Waals surface area (Å²) in [6, 6.07) is 3.87. The van der Waals surface area contributed by atoms with Crippen molar-refractivity contribution in [2.24, 2.45) is 0 Å². The normalized spacial score (nSPS) is 10.9. The minimum absolute atomic E-state index is 0. The third kappa shape index (κ3) is 4.05. The fraction of sp³-hybridized carbons (Fsp3) is 0.250. The molecule has 0 unspecified atom stereocenters. The van der Waals surface area contributed by atoms with Gasteiger partial charge in [-0.25, -0.2) is 4.39 Å². The molecule has 0 radical (unpaired) electrons. The Morgan fingerprint density at radius 3 is 2.53 bits per heavy atom. The molecule has 0 bridgehead atoms. The Labute approximate surface area is 114 Å². The van der Waals surface area contributed by atoms with Gasteiger partial charge in [-0.15, -0.1) is 11.8 Å². The van der Waals surface area contributed by atoms with Crippen LogP contribution in [0.4, 0.5) is 4.39 Å². The van der Waals surface area contributed by atoms with Crippen LogP contribution in [0.15, 0.2) is 28.0 Å². The van der Waals surface area contributed by atoms with Crippen LogP contribution in [-0.2, 0) is 10.1 Å². The summed E-state index contributed by atoms with van der Waals surface area (Å²) >= 11 is 1.16. The molecule has 80 valence electrons. The van der Waals surface area contributed by atoms with E-state index < -0.39 is 20.8 Å². The predicted molar refractivity (Wildman–Crippen MR) is 59.8 cm³/mol. The second kappa shape index (κ2) is 6.22. The van der Waals surface area contributed by atoms with Crippen LogP contribution in [0.2, 0.25) is 0 Å². The van der Waals surface area contributed by atoms with Crippen molar-refractivity contribution in [2.45, 2.75) is 16.7 Å². The second-order valence-corrected chi connectivity index (χ2v) is 5.14. The van der Waals surface area contributed by atoms with Gasteiger partial charge in [0.05, 0.1) is 0 Å². The van der Waals surface area contributed by atoms with Gasteiger partial charge in [0.15, 0.2) is 0 Å². The van der Waals surface area contributed by atoms with Crippen LogP contribution >= 0.6 is 11.8 Å². The predicted octanol–water partition coefficient (Wildman–Crippen LogP) is 1.54. The van der Waals surface area contributed by atoms with Crippen LogP contribution in [0, 0.1) is 5.82 Å². The van der Waals surface area contributed by atoms with Crippen molar-refractivity contribution in [1.29, 1.82) is 0 Å². The standard InChI is InChI=1S/C8H9FO3S2.Na.H/c1-2-13-7-5-3-4-6(9)8(7)14(10,11)12;;/h3-5H,2H2,1H3,(H,10,11,12);;. The number of hydrogen-bond acceptors (Lipinski definition) is 3. The van der Waals surface area contributed by atoms with Crippen LogP contribution in [0.25, 0.3) is 0 Å². The number of rotatable bonds is 3. The molecule has 0 heterocycles. The van der Waals surface area contributed by atoms with Crippen LogP contribution < -0.4 is 0 Å².